The lowest BCUT2D eigenvalue weighted by atomic mass is 9.96. The second-order valence-electron chi connectivity index (χ2n) is 7.55. The molecule has 3 nitrogen and oxygen atoms in total. The smallest absolute Gasteiger partial charge is 0.369 e. The zero-order valence-electron chi connectivity index (χ0n) is 18.4. The van der Waals surface area contributed by atoms with E-state index in [1.54, 1.807) is 5.32 Å². The third-order valence-corrected chi connectivity index (χ3v) is 5.53. The van der Waals surface area contributed by atoms with Crippen molar-refractivity contribution >= 4 is 52.4 Å². The minimum absolute atomic E-state index is 0.384. The predicted molar refractivity (Wildman–Crippen MR) is 125 cm³/mol. The normalized spacial score (nSPS) is 13.5. The van der Waals surface area contributed by atoms with Crippen molar-refractivity contribution in [3.63, 3.8) is 0 Å². The van der Waals surface area contributed by atoms with E-state index in [0.29, 0.717) is 36.4 Å². The summed E-state index contributed by atoms with van der Waals surface area (Å²) in [6.07, 6.45) is -13.5. The Labute approximate surface area is 223 Å². The first-order valence-corrected chi connectivity index (χ1v) is 11.2. The van der Waals surface area contributed by atoms with Crippen molar-refractivity contribution in [3.8, 4) is 0 Å². The number of alkyl halides is 9. The lowest BCUT2D eigenvalue weighted by molar-refractivity contribution is -0.139. The average Bonchev–Trinajstić information content (AvgIpc) is 2.77. The van der Waals surface area contributed by atoms with Crippen LogP contribution in [-0.2, 0) is 6.18 Å². The number of allylic oxidation sites excluding steroid dienone is 1. The Morgan fingerprint density at radius 1 is 0.947 bits per heavy atom. The SMILES string of the molecule is O=C(NCC(=S)NCC(F)(F)F)c1ccc(/C=C/C(c2cc(Cl)c(F)c(Cl)c2)C(F)(F)F)cc1C(F)(F)F. The highest BCUT2D eigenvalue weighted by Crippen LogP contribution is 2.40. The van der Waals surface area contributed by atoms with Gasteiger partial charge in [0.05, 0.1) is 38.6 Å². The lowest BCUT2D eigenvalue weighted by Gasteiger charge is -2.18. The first-order chi connectivity index (χ1) is 17.3. The summed E-state index contributed by atoms with van der Waals surface area (Å²) in [5.41, 5.74) is -3.43. The number of hydrogen-bond donors (Lipinski definition) is 2. The molecule has 0 aromatic heterocycles. The minimum atomic E-state index is -5.13. The maximum absolute atomic E-state index is 13.6. The summed E-state index contributed by atoms with van der Waals surface area (Å²) >= 11 is 15.7. The fraction of sp³-hybridized carbons (Fsp3) is 0.273. The Balaban J connectivity index is 2.33. The fourth-order valence-electron chi connectivity index (χ4n) is 2.99. The zero-order valence-corrected chi connectivity index (χ0v) is 20.7. The second-order valence-corrected chi connectivity index (χ2v) is 8.86. The molecule has 0 spiro atoms. The van der Waals surface area contributed by atoms with Crippen molar-refractivity contribution < 1.29 is 48.7 Å². The van der Waals surface area contributed by atoms with Gasteiger partial charge in [-0.1, -0.05) is 53.6 Å². The van der Waals surface area contributed by atoms with Crippen molar-refractivity contribution in [1.82, 2.24) is 10.6 Å². The van der Waals surface area contributed by atoms with E-state index in [2.05, 4.69) is 12.2 Å². The second kappa shape index (κ2) is 12.1. The third kappa shape index (κ3) is 9.02. The summed E-state index contributed by atoms with van der Waals surface area (Å²) in [5.74, 6) is -4.92. The summed E-state index contributed by atoms with van der Waals surface area (Å²) in [7, 11) is 0. The van der Waals surface area contributed by atoms with Crippen LogP contribution in [0.5, 0.6) is 0 Å². The fourth-order valence-corrected chi connectivity index (χ4v) is 3.63. The molecular weight excluding hydrogens is 601 g/mol. The number of carbonyl (C=O) groups is 1. The van der Waals surface area contributed by atoms with Crippen LogP contribution in [0.1, 0.15) is 33.0 Å². The Morgan fingerprint density at radius 3 is 2.03 bits per heavy atom. The van der Waals surface area contributed by atoms with Gasteiger partial charge in [0.1, 0.15) is 6.54 Å². The van der Waals surface area contributed by atoms with E-state index in [-0.39, 0.29) is 5.56 Å². The third-order valence-electron chi connectivity index (χ3n) is 4.69. The number of carbonyl (C=O) groups excluding carboxylic acids is 1. The van der Waals surface area contributed by atoms with Crippen LogP contribution in [0.2, 0.25) is 10.0 Å². The highest BCUT2D eigenvalue weighted by Gasteiger charge is 2.40. The molecule has 1 amide bonds. The van der Waals surface area contributed by atoms with Gasteiger partial charge in [0, 0.05) is 0 Å². The lowest BCUT2D eigenvalue weighted by Crippen LogP contribution is -2.40. The van der Waals surface area contributed by atoms with Gasteiger partial charge in [0.25, 0.3) is 5.91 Å². The molecule has 1 unspecified atom stereocenters. The zero-order chi connectivity index (χ0) is 29.1. The molecule has 1 atom stereocenters. The van der Waals surface area contributed by atoms with Gasteiger partial charge in [0.2, 0.25) is 0 Å². The molecule has 16 heteroatoms. The van der Waals surface area contributed by atoms with E-state index in [1.807, 2.05) is 5.32 Å². The van der Waals surface area contributed by atoms with E-state index in [0.717, 1.165) is 6.07 Å². The molecule has 0 aliphatic rings. The Bertz CT molecular complexity index is 1200. The molecule has 2 aromatic carbocycles. The number of rotatable bonds is 7. The van der Waals surface area contributed by atoms with Gasteiger partial charge in [-0.3, -0.25) is 4.79 Å². The van der Waals surface area contributed by atoms with Gasteiger partial charge in [-0.2, -0.15) is 39.5 Å². The van der Waals surface area contributed by atoms with Gasteiger partial charge >= 0.3 is 18.5 Å². The van der Waals surface area contributed by atoms with Crippen molar-refractivity contribution in [2.24, 2.45) is 0 Å². The van der Waals surface area contributed by atoms with E-state index in [4.69, 9.17) is 23.2 Å². The highest BCUT2D eigenvalue weighted by atomic mass is 35.5. The molecule has 2 rings (SSSR count). The van der Waals surface area contributed by atoms with Gasteiger partial charge < -0.3 is 10.6 Å². The molecule has 0 radical (unpaired) electrons. The van der Waals surface area contributed by atoms with Crippen LogP contribution in [-0.4, -0.2) is 36.3 Å². The molecular formula is C22H14Cl2F10N2OS. The van der Waals surface area contributed by atoms with Gasteiger partial charge in [-0.15, -0.1) is 0 Å². The molecule has 0 saturated carbocycles. The van der Waals surface area contributed by atoms with Crippen LogP contribution in [0.4, 0.5) is 43.9 Å². The maximum atomic E-state index is 13.6. The molecule has 2 aromatic rings. The largest absolute Gasteiger partial charge is 0.417 e. The van der Waals surface area contributed by atoms with E-state index in [1.165, 1.54) is 0 Å². The summed E-state index contributed by atoms with van der Waals surface area (Å²) in [4.78, 5) is 11.8. The van der Waals surface area contributed by atoms with Gasteiger partial charge in [0.15, 0.2) is 5.82 Å². The predicted octanol–water partition coefficient (Wildman–Crippen LogP) is 7.72. The average molecular weight is 615 g/mol. The van der Waals surface area contributed by atoms with Crippen molar-refractivity contribution in [2.45, 2.75) is 24.4 Å². The molecule has 0 aliphatic heterocycles. The van der Waals surface area contributed by atoms with Crippen LogP contribution < -0.4 is 10.6 Å². The number of benzene rings is 2. The standard InChI is InChI=1S/C22H14Cl2F10N2OS/c23-15-6-11(7-16(24)18(15)25)13(21(29,30)31)4-2-10-1-3-12(14(5-10)22(32,33)34)19(37)35-8-17(38)36-9-20(26,27)28/h1-7,13H,8-9H2,(H,35,37)(H,36,38)/b4-2+. The van der Waals surface area contributed by atoms with Crippen LogP contribution in [0.3, 0.4) is 0 Å². The topological polar surface area (TPSA) is 41.1 Å². The van der Waals surface area contributed by atoms with Crippen LogP contribution in [0.25, 0.3) is 6.08 Å². The Morgan fingerprint density at radius 2 is 1.53 bits per heavy atom. The summed E-state index contributed by atoms with van der Waals surface area (Å²) in [6, 6.07) is 3.35. The Kier molecular flexibility index (Phi) is 10.1. The van der Waals surface area contributed by atoms with Crippen molar-refractivity contribution in [2.75, 3.05) is 13.1 Å². The molecule has 2 N–H and O–H groups in total. The number of hydrogen-bond acceptors (Lipinski definition) is 2. The molecule has 208 valence electrons. The van der Waals surface area contributed by atoms with E-state index < -0.39 is 81.0 Å². The minimum Gasteiger partial charge on any atom is -0.369 e. The number of amides is 1. The Hall–Kier alpha value is -2.58. The van der Waals surface area contributed by atoms with E-state index >= 15 is 0 Å². The maximum Gasteiger partial charge on any atom is 0.417 e. The van der Waals surface area contributed by atoms with E-state index in [9.17, 15) is 48.7 Å². The quantitative estimate of drug-likeness (QED) is 0.191. The van der Waals surface area contributed by atoms with Gasteiger partial charge in [-0.25, -0.2) is 4.39 Å². The molecule has 38 heavy (non-hydrogen) atoms. The first-order valence-electron chi connectivity index (χ1n) is 10.0. The molecule has 0 heterocycles. The number of thiocarbonyl (C=S) groups is 1. The summed E-state index contributed by atoms with van der Waals surface area (Å²) < 4.78 is 132. The van der Waals surface area contributed by atoms with Crippen LogP contribution >= 0.6 is 35.4 Å². The molecule has 0 aliphatic carbocycles. The molecule has 0 fully saturated rings. The highest BCUT2D eigenvalue weighted by molar-refractivity contribution is 7.80. The first kappa shape index (κ1) is 31.6. The van der Waals surface area contributed by atoms with Crippen LogP contribution in [0.15, 0.2) is 36.4 Å². The summed E-state index contributed by atoms with van der Waals surface area (Å²) in [5, 5.41) is 2.33. The van der Waals surface area contributed by atoms with Crippen molar-refractivity contribution in [1.29, 1.82) is 0 Å². The molecule has 0 bridgehead atoms. The van der Waals surface area contributed by atoms with Crippen LogP contribution in [0, 0.1) is 5.82 Å². The van der Waals surface area contributed by atoms with Gasteiger partial charge in [-0.05, 0) is 35.4 Å². The van der Waals surface area contributed by atoms with Crippen molar-refractivity contribution in [3.05, 3.63) is 74.5 Å². The molecule has 0 saturated heterocycles. The number of halogens is 12. The number of nitrogens with one attached hydrogen (secondary N) is 2. The summed E-state index contributed by atoms with van der Waals surface area (Å²) in [6.45, 7) is -2.23. The monoisotopic (exact) mass is 614 g/mol.